The summed E-state index contributed by atoms with van der Waals surface area (Å²) in [5.74, 6) is -0.992. The summed E-state index contributed by atoms with van der Waals surface area (Å²) in [5, 5.41) is 12.1. The fraction of sp³-hybridized carbons (Fsp3) is 0.364. The summed E-state index contributed by atoms with van der Waals surface area (Å²) in [4.78, 5) is 26.4. The van der Waals surface area contributed by atoms with Crippen LogP contribution in [0.5, 0.6) is 11.5 Å². The van der Waals surface area contributed by atoms with Crippen LogP contribution < -0.4 is 10.1 Å². The number of Topliss-reactive ketones (excluding diaryl/α,β-unsaturated/α-hetero) is 1. The molecule has 1 aromatic heterocycles. The molecule has 0 saturated carbocycles. The van der Waals surface area contributed by atoms with Gasteiger partial charge in [-0.15, -0.1) is 0 Å². The molecule has 0 radical (unpaired) electrons. The van der Waals surface area contributed by atoms with Crippen LogP contribution in [0, 0.1) is 0 Å². The topological polar surface area (TPSA) is 88.5 Å². The molecule has 1 rings (SSSR count). The van der Waals surface area contributed by atoms with E-state index in [1.165, 1.54) is 26.3 Å². The maximum atomic E-state index is 11.7. The molecule has 0 saturated heterocycles. The first-order chi connectivity index (χ1) is 7.97. The second-order valence-corrected chi connectivity index (χ2v) is 3.52. The van der Waals surface area contributed by atoms with Gasteiger partial charge in [-0.1, -0.05) is 0 Å². The summed E-state index contributed by atoms with van der Waals surface area (Å²) in [6.45, 7) is 2.92. The van der Waals surface area contributed by atoms with E-state index in [0.29, 0.717) is 0 Å². The number of aromatic nitrogens is 1. The van der Waals surface area contributed by atoms with Gasteiger partial charge in [0.1, 0.15) is 0 Å². The number of hydrogen-bond donors (Lipinski definition) is 2. The SMILES string of the molecule is COc1ccnc(C(=O)N[C@H](C)C(C)=O)c1O. The average Bonchev–Trinajstić information content (AvgIpc) is 2.28. The number of nitrogens with one attached hydrogen (secondary N) is 1. The van der Waals surface area contributed by atoms with Crippen LogP contribution in [0.4, 0.5) is 0 Å². The predicted molar refractivity (Wildman–Crippen MR) is 60.1 cm³/mol. The molecule has 92 valence electrons. The molecule has 0 aromatic carbocycles. The molecule has 0 aliphatic carbocycles. The fourth-order valence-corrected chi connectivity index (χ4v) is 1.13. The molecular weight excluding hydrogens is 224 g/mol. The van der Waals surface area contributed by atoms with Crippen molar-refractivity contribution in [1.82, 2.24) is 10.3 Å². The number of ether oxygens (including phenoxy) is 1. The van der Waals surface area contributed by atoms with Crippen LogP contribution in [0.15, 0.2) is 12.3 Å². The molecular formula is C11H14N2O4. The number of hydrogen-bond acceptors (Lipinski definition) is 5. The molecule has 0 fully saturated rings. The van der Waals surface area contributed by atoms with Crippen molar-refractivity contribution in [2.75, 3.05) is 7.11 Å². The highest BCUT2D eigenvalue weighted by atomic mass is 16.5. The minimum atomic E-state index is -0.630. The van der Waals surface area contributed by atoms with Crippen LogP contribution in [0.3, 0.4) is 0 Å². The minimum absolute atomic E-state index is 0.153. The first-order valence-electron chi connectivity index (χ1n) is 5.00. The van der Waals surface area contributed by atoms with Crippen LogP contribution in [-0.4, -0.2) is 34.9 Å². The van der Waals surface area contributed by atoms with Gasteiger partial charge in [0.2, 0.25) is 0 Å². The Labute approximate surface area is 98.6 Å². The van der Waals surface area contributed by atoms with Gasteiger partial charge in [0.25, 0.3) is 5.91 Å². The van der Waals surface area contributed by atoms with Gasteiger partial charge in [-0.05, 0) is 13.8 Å². The zero-order chi connectivity index (χ0) is 13.0. The van der Waals surface area contributed by atoms with E-state index in [1.54, 1.807) is 6.92 Å². The number of carbonyl (C=O) groups is 2. The van der Waals surface area contributed by atoms with Crippen molar-refractivity contribution in [2.24, 2.45) is 0 Å². The van der Waals surface area contributed by atoms with E-state index in [9.17, 15) is 14.7 Å². The van der Waals surface area contributed by atoms with Crippen LogP contribution in [0.2, 0.25) is 0 Å². The number of nitrogens with zero attached hydrogens (tertiary/aromatic N) is 1. The Morgan fingerprint density at radius 2 is 2.18 bits per heavy atom. The van der Waals surface area contributed by atoms with Crippen molar-refractivity contribution in [3.8, 4) is 11.5 Å². The van der Waals surface area contributed by atoms with E-state index >= 15 is 0 Å². The highest BCUT2D eigenvalue weighted by Gasteiger charge is 2.19. The van der Waals surface area contributed by atoms with Crippen LogP contribution in [0.25, 0.3) is 0 Å². The second kappa shape index (κ2) is 5.29. The largest absolute Gasteiger partial charge is 0.503 e. The summed E-state index contributed by atoms with van der Waals surface area (Å²) < 4.78 is 4.85. The number of aromatic hydroxyl groups is 1. The lowest BCUT2D eigenvalue weighted by Gasteiger charge is -2.11. The summed E-state index contributed by atoms with van der Waals surface area (Å²) in [6.07, 6.45) is 1.34. The zero-order valence-corrected chi connectivity index (χ0v) is 9.85. The number of carbonyl (C=O) groups excluding carboxylic acids is 2. The minimum Gasteiger partial charge on any atom is -0.503 e. The van der Waals surface area contributed by atoms with Gasteiger partial charge in [-0.2, -0.15) is 0 Å². The highest BCUT2D eigenvalue weighted by molar-refractivity contribution is 5.98. The lowest BCUT2D eigenvalue weighted by Crippen LogP contribution is -2.37. The van der Waals surface area contributed by atoms with Crippen LogP contribution >= 0.6 is 0 Å². The van der Waals surface area contributed by atoms with E-state index in [2.05, 4.69) is 10.3 Å². The summed E-state index contributed by atoms with van der Waals surface area (Å²) in [5.41, 5.74) is -0.169. The van der Waals surface area contributed by atoms with Crippen molar-refractivity contribution in [3.63, 3.8) is 0 Å². The summed E-state index contributed by atoms with van der Waals surface area (Å²) in [6, 6.07) is 0.801. The molecule has 1 heterocycles. The molecule has 0 unspecified atom stereocenters. The van der Waals surface area contributed by atoms with E-state index in [1.807, 2.05) is 0 Å². The second-order valence-electron chi connectivity index (χ2n) is 3.52. The van der Waals surface area contributed by atoms with Gasteiger partial charge in [-0.25, -0.2) is 4.98 Å². The number of methoxy groups -OCH3 is 1. The third-order valence-corrected chi connectivity index (χ3v) is 2.28. The first kappa shape index (κ1) is 13.0. The average molecular weight is 238 g/mol. The van der Waals surface area contributed by atoms with Gasteiger partial charge in [-0.3, -0.25) is 9.59 Å². The Morgan fingerprint density at radius 1 is 1.53 bits per heavy atom. The lowest BCUT2D eigenvalue weighted by atomic mass is 10.2. The maximum Gasteiger partial charge on any atom is 0.274 e. The van der Waals surface area contributed by atoms with Crippen molar-refractivity contribution >= 4 is 11.7 Å². The van der Waals surface area contributed by atoms with E-state index < -0.39 is 11.9 Å². The molecule has 0 aliphatic rings. The van der Waals surface area contributed by atoms with Crippen LogP contribution in [-0.2, 0) is 4.79 Å². The Morgan fingerprint density at radius 3 is 2.71 bits per heavy atom. The quantitative estimate of drug-likeness (QED) is 0.797. The fourth-order valence-electron chi connectivity index (χ4n) is 1.13. The third kappa shape index (κ3) is 2.93. The highest BCUT2D eigenvalue weighted by Crippen LogP contribution is 2.27. The Kier molecular flexibility index (Phi) is 4.03. The number of rotatable bonds is 4. The smallest absolute Gasteiger partial charge is 0.274 e. The van der Waals surface area contributed by atoms with Crippen molar-refractivity contribution < 1.29 is 19.4 Å². The molecule has 0 bridgehead atoms. The maximum absolute atomic E-state index is 11.7. The molecule has 6 heteroatoms. The number of amides is 1. The number of ketones is 1. The predicted octanol–water partition coefficient (Wildman–Crippen LogP) is 0.503. The molecule has 1 amide bonds. The molecule has 2 N–H and O–H groups in total. The third-order valence-electron chi connectivity index (χ3n) is 2.28. The van der Waals surface area contributed by atoms with Gasteiger partial charge in [0.05, 0.1) is 13.2 Å². The van der Waals surface area contributed by atoms with Gasteiger partial charge in [0, 0.05) is 12.3 Å². The monoisotopic (exact) mass is 238 g/mol. The van der Waals surface area contributed by atoms with E-state index in [-0.39, 0.29) is 23.0 Å². The van der Waals surface area contributed by atoms with Crippen LogP contribution in [0.1, 0.15) is 24.3 Å². The lowest BCUT2D eigenvalue weighted by molar-refractivity contribution is -0.118. The van der Waals surface area contributed by atoms with Gasteiger partial charge in [0.15, 0.2) is 23.0 Å². The van der Waals surface area contributed by atoms with Gasteiger partial charge >= 0.3 is 0 Å². The molecule has 1 atom stereocenters. The van der Waals surface area contributed by atoms with Crippen molar-refractivity contribution in [3.05, 3.63) is 18.0 Å². The first-order valence-corrected chi connectivity index (χ1v) is 5.00. The van der Waals surface area contributed by atoms with Crippen molar-refractivity contribution in [2.45, 2.75) is 19.9 Å². The van der Waals surface area contributed by atoms with Crippen molar-refractivity contribution in [1.29, 1.82) is 0 Å². The standard InChI is InChI=1S/C11H14N2O4/c1-6(7(2)14)13-11(16)9-10(15)8(17-3)4-5-12-9/h4-6,15H,1-3H3,(H,13,16)/t6-/m1/s1. The molecule has 1 aromatic rings. The Hall–Kier alpha value is -2.11. The van der Waals surface area contributed by atoms with E-state index in [4.69, 9.17) is 4.74 Å². The van der Waals surface area contributed by atoms with Gasteiger partial charge < -0.3 is 15.2 Å². The Balaban J connectivity index is 2.93. The summed E-state index contributed by atoms with van der Waals surface area (Å²) >= 11 is 0. The molecule has 6 nitrogen and oxygen atoms in total. The van der Waals surface area contributed by atoms with E-state index in [0.717, 1.165) is 0 Å². The zero-order valence-electron chi connectivity index (χ0n) is 9.85. The summed E-state index contributed by atoms with van der Waals surface area (Å²) in [7, 11) is 1.37. The molecule has 0 aliphatic heterocycles. The number of pyridine rings is 1. The normalized spacial score (nSPS) is 11.7. The molecule has 0 spiro atoms. The Bertz CT molecular complexity index is 445. The molecule has 17 heavy (non-hydrogen) atoms.